The van der Waals surface area contributed by atoms with Crippen molar-refractivity contribution in [2.24, 2.45) is 0 Å². The molecule has 1 N–H and O–H groups in total. The molecular weight excluding hydrogens is 443 g/mol. The first-order valence-electron chi connectivity index (χ1n) is 9.72. The van der Waals surface area contributed by atoms with Crippen molar-refractivity contribution in [1.82, 2.24) is 4.90 Å². The second kappa shape index (κ2) is 10.4. The van der Waals surface area contributed by atoms with E-state index in [9.17, 15) is 19.2 Å². The number of benzene rings is 2. The van der Waals surface area contributed by atoms with Gasteiger partial charge in [0, 0.05) is 18.7 Å². The topological polar surface area (TPSA) is 92.8 Å². The van der Waals surface area contributed by atoms with Crippen LogP contribution >= 0.6 is 23.2 Å². The number of fused-ring (bicyclic) bond motifs is 1. The third-order valence-corrected chi connectivity index (χ3v) is 5.45. The molecule has 7 nitrogen and oxygen atoms in total. The summed E-state index contributed by atoms with van der Waals surface area (Å²) in [6.07, 6.45) is 1.88. The number of ether oxygens (including phenoxy) is 1. The summed E-state index contributed by atoms with van der Waals surface area (Å²) < 4.78 is 4.96. The highest BCUT2D eigenvalue weighted by molar-refractivity contribution is 6.42. The number of nitrogens with one attached hydrogen (secondary N) is 1. The molecule has 0 fully saturated rings. The fraction of sp³-hybridized carbons (Fsp3) is 0.273. The number of halogens is 2. The van der Waals surface area contributed by atoms with E-state index in [0.717, 1.165) is 0 Å². The zero-order valence-electron chi connectivity index (χ0n) is 16.5. The molecule has 1 aliphatic rings. The van der Waals surface area contributed by atoms with Crippen molar-refractivity contribution in [2.75, 3.05) is 18.5 Å². The number of carbonyl (C=O) groups is 4. The minimum atomic E-state index is -0.495. The Kier molecular flexibility index (Phi) is 7.65. The largest absolute Gasteiger partial charge is 0.456 e. The van der Waals surface area contributed by atoms with Crippen molar-refractivity contribution in [2.45, 2.75) is 25.7 Å². The predicted molar refractivity (Wildman–Crippen MR) is 116 cm³/mol. The second-order valence-electron chi connectivity index (χ2n) is 6.96. The number of unbranched alkanes of at least 4 members (excludes halogenated alkanes) is 2. The third kappa shape index (κ3) is 5.83. The van der Waals surface area contributed by atoms with Crippen molar-refractivity contribution in [3.63, 3.8) is 0 Å². The van der Waals surface area contributed by atoms with Crippen LogP contribution in [0.25, 0.3) is 0 Å². The molecule has 0 saturated heterocycles. The quantitative estimate of drug-likeness (QED) is 0.340. The number of imide groups is 1. The number of carbonyl (C=O) groups excluding carboxylic acids is 4. The highest BCUT2D eigenvalue weighted by Gasteiger charge is 2.34. The normalized spacial score (nSPS) is 12.6. The van der Waals surface area contributed by atoms with Gasteiger partial charge in [0.2, 0.25) is 0 Å². The van der Waals surface area contributed by atoms with Crippen LogP contribution in [0.4, 0.5) is 5.69 Å². The van der Waals surface area contributed by atoms with Crippen molar-refractivity contribution in [3.8, 4) is 0 Å². The average molecular weight is 463 g/mol. The minimum Gasteiger partial charge on any atom is -0.456 e. The number of rotatable bonds is 9. The molecule has 2 aromatic carbocycles. The van der Waals surface area contributed by atoms with Crippen LogP contribution in [0.3, 0.4) is 0 Å². The first-order valence-corrected chi connectivity index (χ1v) is 10.5. The molecule has 0 unspecified atom stereocenters. The number of hydrogen-bond acceptors (Lipinski definition) is 5. The van der Waals surface area contributed by atoms with E-state index >= 15 is 0 Å². The van der Waals surface area contributed by atoms with Crippen LogP contribution in [-0.4, -0.2) is 41.7 Å². The zero-order valence-corrected chi connectivity index (χ0v) is 18.0. The lowest BCUT2D eigenvalue weighted by atomic mass is 10.1. The van der Waals surface area contributed by atoms with Crippen molar-refractivity contribution in [3.05, 3.63) is 63.6 Å². The van der Waals surface area contributed by atoms with Gasteiger partial charge in [-0.2, -0.15) is 0 Å². The van der Waals surface area contributed by atoms with Crippen LogP contribution in [0.5, 0.6) is 0 Å². The van der Waals surface area contributed by atoms with Gasteiger partial charge in [0.15, 0.2) is 6.61 Å². The summed E-state index contributed by atoms with van der Waals surface area (Å²) in [7, 11) is 0. The number of hydrogen-bond donors (Lipinski definition) is 1. The van der Waals surface area contributed by atoms with E-state index in [2.05, 4.69) is 5.32 Å². The maximum absolute atomic E-state index is 12.3. The van der Waals surface area contributed by atoms with Crippen LogP contribution in [0.15, 0.2) is 42.5 Å². The van der Waals surface area contributed by atoms with Gasteiger partial charge in [-0.1, -0.05) is 41.8 Å². The number of nitrogens with zero attached hydrogens (tertiary/aromatic N) is 1. The van der Waals surface area contributed by atoms with Gasteiger partial charge in [0.1, 0.15) is 0 Å². The molecule has 0 spiro atoms. The number of amides is 3. The lowest BCUT2D eigenvalue weighted by Gasteiger charge is -2.13. The molecule has 0 atom stereocenters. The summed E-state index contributed by atoms with van der Waals surface area (Å²) in [6.45, 7) is -0.110. The SMILES string of the molecule is O=C(COC(=O)CCCCCN1C(=O)c2ccccc2C1=O)Nc1ccc(Cl)c(Cl)c1. The molecule has 0 bridgehead atoms. The molecule has 31 heavy (non-hydrogen) atoms. The van der Waals surface area contributed by atoms with E-state index in [-0.39, 0.29) is 18.2 Å². The Labute approximate surface area is 189 Å². The second-order valence-corrected chi connectivity index (χ2v) is 7.77. The summed E-state index contributed by atoms with van der Waals surface area (Å²) in [6, 6.07) is 11.4. The molecule has 0 radical (unpaired) electrons. The zero-order chi connectivity index (χ0) is 22.4. The monoisotopic (exact) mass is 462 g/mol. The molecule has 3 amide bonds. The van der Waals surface area contributed by atoms with Gasteiger partial charge >= 0.3 is 5.97 Å². The van der Waals surface area contributed by atoms with E-state index in [1.54, 1.807) is 36.4 Å². The molecule has 1 heterocycles. The van der Waals surface area contributed by atoms with Gasteiger partial charge in [0.05, 0.1) is 21.2 Å². The van der Waals surface area contributed by atoms with Crippen LogP contribution in [0.2, 0.25) is 10.0 Å². The van der Waals surface area contributed by atoms with E-state index in [4.69, 9.17) is 27.9 Å². The molecule has 0 aliphatic carbocycles. The van der Waals surface area contributed by atoms with Gasteiger partial charge in [-0.15, -0.1) is 0 Å². The molecular formula is C22H20Cl2N2O5. The van der Waals surface area contributed by atoms with Crippen molar-refractivity contribution >= 4 is 52.6 Å². The van der Waals surface area contributed by atoms with Crippen LogP contribution in [0, 0.1) is 0 Å². The molecule has 2 aromatic rings. The number of anilines is 1. The molecule has 1 aliphatic heterocycles. The van der Waals surface area contributed by atoms with Crippen molar-refractivity contribution in [1.29, 1.82) is 0 Å². The molecule has 0 aromatic heterocycles. The molecule has 9 heteroatoms. The van der Waals surface area contributed by atoms with E-state index in [1.165, 1.54) is 11.0 Å². The van der Waals surface area contributed by atoms with Gasteiger partial charge in [-0.3, -0.25) is 24.1 Å². The van der Waals surface area contributed by atoms with Crippen molar-refractivity contribution < 1.29 is 23.9 Å². The average Bonchev–Trinajstić information content (AvgIpc) is 2.99. The Morgan fingerprint density at radius 3 is 2.23 bits per heavy atom. The summed E-state index contributed by atoms with van der Waals surface area (Å²) >= 11 is 11.7. The molecule has 162 valence electrons. The lowest BCUT2D eigenvalue weighted by Crippen LogP contribution is -2.30. The fourth-order valence-corrected chi connectivity index (χ4v) is 3.45. The van der Waals surface area contributed by atoms with Crippen LogP contribution in [0.1, 0.15) is 46.4 Å². The van der Waals surface area contributed by atoms with Gasteiger partial charge in [-0.05, 0) is 43.2 Å². The standard InChI is InChI=1S/C22H20Cl2N2O5/c23-17-10-9-14(12-18(17)24)25-19(27)13-31-20(28)8-2-1-5-11-26-21(29)15-6-3-4-7-16(15)22(26)30/h3-4,6-7,9-10,12H,1-2,5,8,11,13H2,(H,25,27). The van der Waals surface area contributed by atoms with Crippen LogP contribution in [-0.2, 0) is 14.3 Å². The third-order valence-electron chi connectivity index (χ3n) is 4.71. The lowest BCUT2D eigenvalue weighted by molar-refractivity contribution is -0.147. The highest BCUT2D eigenvalue weighted by Crippen LogP contribution is 2.25. The maximum atomic E-state index is 12.3. The minimum absolute atomic E-state index is 0.141. The Balaban J connectivity index is 1.31. The maximum Gasteiger partial charge on any atom is 0.306 e. The van der Waals surface area contributed by atoms with Crippen LogP contribution < -0.4 is 5.32 Å². The summed E-state index contributed by atoms with van der Waals surface area (Å²) in [4.78, 5) is 49.4. The van der Waals surface area contributed by atoms with Gasteiger partial charge in [0.25, 0.3) is 17.7 Å². The number of esters is 1. The van der Waals surface area contributed by atoms with E-state index in [0.29, 0.717) is 52.7 Å². The first kappa shape index (κ1) is 22.8. The first-order chi connectivity index (χ1) is 14.9. The Morgan fingerprint density at radius 2 is 1.58 bits per heavy atom. The van der Waals surface area contributed by atoms with Gasteiger partial charge in [-0.25, -0.2) is 0 Å². The Morgan fingerprint density at radius 1 is 0.903 bits per heavy atom. The van der Waals surface area contributed by atoms with E-state index < -0.39 is 18.5 Å². The summed E-state index contributed by atoms with van der Waals surface area (Å²) in [5, 5.41) is 3.23. The fourth-order valence-electron chi connectivity index (χ4n) is 3.15. The summed E-state index contributed by atoms with van der Waals surface area (Å²) in [5.74, 6) is -1.55. The molecule has 0 saturated carbocycles. The Hall–Kier alpha value is -2.90. The smallest absolute Gasteiger partial charge is 0.306 e. The highest BCUT2D eigenvalue weighted by atomic mass is 35.5. The van der Waals surface area contributed by atoms with E-state index in [1.807, 2.05) is 0 Å². The Bertz CT molecular complexity index is 990. The molecule has 3 rings (SSSR count). The predicted octanol–water partition coefficient (Wildman–Crippen LogP) is 4.33. The van der Waals surface area contributed by atoms with Gasteiger partial charge < -0.3 is 10.1 Å². The summed E-state index contributed by atoms with van der Waals surface area (Å²) in [5.41, 5.74) is 1.30.